The number of piperidine rings is 1. The molecule has 5 nitrogen and oxygen atoms in total. The molecule has 1 aliphatic heterocycles. The average Bonchev–Trinajstić information content (AvgIpc) is 2.41. The number of nitrogen functional groups attached to an aromatic ring is 1. The quantitative estimate of drug-likeness (QED) is 0.630. The first-order valence-electron chi connectivity index (χ1n) is 6.77. The van der Waals surface area contributed by atoms with Gasteiger partial charge in [0.15, 0.2) is 0 Å². The van der Waals surface area contributed by atoms with Crippen molar-refractivity contribution in [2.75, 3.05) is 38.6 Å². The molecule has 2 rings (SSSR count). The van der Waals surface area contributed by atoms with Crippen LogP contribution >= 0.6 is 0 Å². The molecule has 104 valence electrons. The summed E-state index contributed by atoms with van der Waals surface area (Å²) in [5, 5.41) is 7.44. The molecule has 0 unspecified atom stereocenters. The maximum atomic E-state index is 7.44. The number of nitrogens with one attached hydrogen (secondary N) is 1. The number of hydrogen-bond donors (Lipinski definition) is 2. The maximum Gasteiger partial charge on any atom is 0.141 e. The number of hydrogen-bond acceptors (Lipinski definition) is 4. The van der Waals surface area contributed by atoms with E-state index in [1.807, 2.05) is 12.1 Å². The number of pyridine rings is 1. The van der Waals surface area contributed by atoms with E-state index < -0.39 is 0 Å². The molecule has 19 heavy (non-hydrogen) atoms. The zero-order chi connectivity index (χ0) is 13.8. The van der Waals surface area contributed by atoms with Gasteiger partial charge >= 0.3 is 0 Å². The van der Waals surface area contributed by atoms with Gasteiger partial charge in [-0.25, -0.2) is 4.98 Å². The summed E-state index contributed by atoms with van der Waals surface area (Å²) in [6.45, 7) is 3.38. The van der Waals surface area contributed by atoms with Gasteiger partial charge < -0.3 is 15.5 Å². The number of nitrogens with two attached hydrogens (primary N) is 1. The third kappa shape index (κ3) is 3.67. The van der Waals surface area contributed by atoms with E-state index in [2.05, 4.69) is 28.9 Å². The topological polar surface area (TPSA) is 69.2 Å². The lowest BCUT2D eigenvalue weighted by Crippen LogP contribution is -2.36. The monoisotopic (exact) mass is 261 g/mol. The molecule has 1 fully saturated rings. The van der Waals surface area contributed by atoms with Crippen molar-refractivity contribution >= 4 is 11.7 Å². The molecular formula is C14H23N5. The Balaban J connectivity index is 1.97. The standard InChI is InChI=1S/C14H23N5/c1-18-8-6-11(7-9-18)10-19(2)13-5-3-4-12(17-13)14(15)16/h3-5,11H,6-10H2,1-2H3,(H3,15,16). The van der Waals surface area contributed by atoms with E-state index in [1.165, 1.54) is 25.9 Å². The van der Waals surface area contributed by atoms with E-state index in [-0.39, 0.29) is 5.84 Å². The van der Waals surface area contributed by atoms with E-state index in [4.69, 9.17) is 11.1 Å². The van der Waals surface area contributed by atoms with Crippen LogP contribution in [0, 0.1) is 11.3 Å². The lowest BCUT2D eigenvalue weighted by atomic mass is 9.97. The lowest BCUT2D eigenvalue weighted by molar-refractivity contribution is 0.222. The van der Waals surface area contributed by atoms with Crippen molar-refractivity contribution in [2.24, 2.45) is 11.7 Å². The Morgan fingerprint density at radius 2 is 2.16 bits per heavy atom. The van der Waals surface area contributed by atoms with Gasteiger partial charge in [0, 0.05) is 13.6 Å². The number of likely N-dealkylation sites (tertiary alicyclic amines) is 1. The Kier molecular flexibility index (Phi) is 4.37. The third-order valence-electron chi connectivity index (χ3n) is 3.77. The molecule has 0 saturated carbocycles. The smallest absolute Gasteiger partial charge is 0.141 e. The van der Waals surface area contributed by atoms with Crippen LogP contribution in [-0.2, 0) is 0 Å². The highest BCUT2D eigenvalue weighted by atomic mass is 15.2. The Hall–Kier alpha value is -1.62. The number of aromatic nitrogens is 1. The molecule has 5 heteroatoms. The SMILES string of the molecule is CN1CCC(CN(C)c2cccc(C(=N)N)n2)CC1. The predicted molar refractivity (Wildman–Crippen MR) is 78.7 cm³/mol. The van der Waals surface area contributed by atoms with Gasteiger partial charge in [-0.15, -0.1) is 0 Å². The predicted octanol–water partition coefficient (Wildman–Crippen LogP) is 1.14. The molecule has 2 heterocycles. The molecule has 0 radical (unpaired) electrons. The minimum Gasteiger partial charge on any atom is -0.382 e. The highest BCUT2D eigenvalue weighted by Gasteiger charge is 2.18. The van der Waals surface area contributed by atoms with Crippen molar-refractivity contribution < 1.29 is 0 Å². The molecule has 0 bridgehead atoms. The molecular weight excluding hydrogens is 238 g/mol. The van der Waals surface area contributed by atoms with Crippen LogP contribution in [0.4, 0.5) is 5.82 Å². The fourth-order valence-electron chi connectivity index (χ4n) is 2.51. The zero-order valence-electron chi connectivity index (χ0n) is 11.8. The van der Waals surface area contributed by atoms with Crippen LogP contribution in [0.1, 0.15) is 18.5 Å². The van der Waals surface area contributed by atoms with Gasteiger partial charge in [0.2, 0.25) is 0 Å². The Bertz CT molecular complexity index is 437. The van der Waals surface area contributed by atoms with Crippen molar-refractivity contribution in [3.05, 3.63) is 23.9 Å². The van der Waals surface area contributed by atoms with Crippen LogP contribution in [0.2, 0.25) is 0 Å². The summed E-state index contributed by atoms with van der Waals surface area (Å²) >= 11 is 0. The van der Waals surface area contributed by atoms with Gasteiger partial charge in [-0.3, -0.25) is 5.41 Å². The average molecular weight is 261 g/mol. The Morgan fingerprint density at radius 1 is 1.47 bits per heavy atom. The first-order chi connectivity index (χ1) is 9.06. The molecule has 1 aliphatic rings. The zero-order valence-corrected chi connectivity index (χ0v) is 11.8. The van der Waals surface area contributed by atoms with Crippen LogP contribution in [0.3, 0.4) is 0 Å². The van der Waals surface area contributed by atoms with Crippen molar-refractivity contribution in [1.29, 1.82) is 5.41 Å². The molecule has 1 saturated heterocycles. The number of nitrogens with zero attached hydrogens (tertiary/aromatic N) is 3. The normalized spacial score (nSPS) is 17.4. The third-order valence-corrected chi connectivity index (χ3v) is 3.77. The first-order valence-corrected chi connectivity index (χ1v) is 6.77. The van der Waals surface area contributed by atoms with E-state index >= 15 is 0 Å². The van der Waals surface area contributed by atoms with Crippen LogP contribution in [-0.4, -0.2) is 49.4 Å². The molecule has 0 aromatic carbocycles. The van der Waals surface area contributed by atoms with Crippen molar-refractivity contribution in [3.8, 4) is 0 Å². The van der Waals surface area contributed by atoms with Gasteiger partial charge in [-0.05, 0) is 51.0 Å². The summed E-state index contributed by atoms with van der Waals surface area (Å²) in [6, 6.07) is 5.65. The second-order valence-electron chi connectivity index (χ2n) is 5.42. The highest BCUT2D eigenvalue weighted by molar-refractivity contribution is 5.93. The van der Waals surface area contributed by atoms with Gasteiger partial charge in [0.1, 0.15) is 17.3 Å². The van der Waals surface area contributed by atoms with Gasteiger partial charge in [-0.2, -0.15) is 0 Å². The van der Waals surface area contributed by atoms with Gasteiger partial charge in [0.25, 0.3) is 0 Å². The Morgan fingerprint density at radius 3 is 2.79 bits per heavy atom. The van der Waals surface area contributed by atoms with E-state index in [0.717, 1.165) is 18.3 Å². The lowest BCUT2D eigenvalue weighted by Gasteiger charge is -2.32. The highest BCUT2D eigenvalue weighted by Crippen LogP contribution is 2.19. The second kappa shape index (κ2) is 6.02. The molecule has 0 atom stereocenters. The second-order valence-corrected chi connectivity index (χ2v) is 5.42. The van der Waals surface area contributed by atoms with Crippen molar-refractivity contribution in [3.63, 3.8) is 0 Å². The fraction of sp³-hybridized carbons (Fsp3) is 0.571. The number of anilines is 1. The van der Waals surface area contributed by atoms with Crippen LogP contribution in [0.25, 0.3) is 0 Å². The van der Waals surface area contributed by atoms with E-state index in [0.29, 0.717) is 5.69 Å². The van der Waals surface area contributed by atoms with Gasteiger partial charge in [-0.1, -0.05) is 6.07 Å². The minimum atomic E-state index is 0.0227. The summed E-state index contributed by atoms with van der Waals surface area (Å²) in [4.78, 5) is 8.97. The Labute approximate surface area is 114 Å². The summed E-state index contributed by atoms with van der Waals surface area (Å²) in [6.07, 6.45) is 2.49. The minimum absolute atomic E-state index is 0.0227. The number of amidine groups is 1. The molecule has 3 N–H and O–H groups in total. The van der Waals surface area contributed by atoms with Crippen molar-refractivity contribution in [2.45, 2.75) is 12.8 Å². The number of rotatable bonds is 4. The summed E-state index contributed by atoms with van der Waals surface area (Å²) in [7, 11) is 4.24. The molecule has 0 aliphatic carbocycles. The molecule has 1 aromatic rings. The van der Waals surface area contributed by atoms with Crippen molar-refractivity contribution in [1.82, 2.24) is 9.88 Å². The molecule has 1 aromatic heterocycles. The maximum absolute atomic E-state index is 7.44. The molecule has 0 spiro atoms. The summed E-state index contributed by atoms with van der Waals surface area (Å²) in [5.74, 6) is 1.64. The molecule has 0 amide bonds. The largest absolute Gasteiger partial charge is 0.382 e. The van der Waals surface area contributed by atoms with Crippen LogP contribution in [0.15, 0.2) is 18.2 Å². The summed E-state index contributed by atoms with van der Waals surface area (Å²) in [5.41, 5.74) is 6.03. The summed E-state index contributed by atoms with van der Waals surface area (Å²) < 4.78 is 0. The first kappa shape index (κ1) is 13.8. The fourth-order valence-corrected chi connectivity index (χ4v) is 2.51. The van der Waals surface area contributed by atoms with Gasteiger partial charge in [0.05, 0.1) is 0 Å². The van der Waals surface area contributed by atoms with E-state index in [9.17, 15) is 0 Å². The van der Waals surface area contributed by atoms with Crippen LogP contribution in [0.5, 0.6) is 0 Å². The van der Waals surface area contributed by atoms with Crippen LogP contribution < -0.4 is 10.6 Å². The van der Waals surface area contributed by atoms with E-state index in [1.54, 1.807) is 6.07 Å².